The molecule has 4 heteroatoms. The van der Waals surface area contributed by atoms with E-state index >= 15 is 0 Å². The van der Waals surface area contributed by atoms with Crippen molar-refractivity contribution in [2.45, 2.75) is 50.8 Å². The van der Waals surface area contributed by atoms with E-state index in [9.17, 15) is 5.11 Å². The highest BCUT2D eigenvalue weighted by Crippen LogP contribution is 2.26. The van der Waals surface area contributed by atoms with Crippen LogP contribution in [0.2, 0.25) is 0 Å². The summed E-state index contributed by atoms with van der Waals surface area (Å²) < 4.78 is 6.03. The van der Waals surface area contributed by atoms with Crippen LogP contribution in [0, 0.1) is 0 Å². The second-order valence-electron chi connectivity index (χ2n) is 6.66. The summed E-state index contributed by atoms with van der Waals surface area (Å²) in [5.74, 6) is 0.875. The number of nitrogens with one attached hydrogen (secondary N) is 1. The highest BCUT2D eigenvalue weighted by molar-refractivity contribution is 5.49. The molecule has 2 N–H and O–H groups in total. The summed E-state index contributed by atoms with van der Waals surface area (Å²) in [7, 11) is 4.04. The number of ether oxygens (including phenoxy) is 1. The van der Waals surface area contributed by atoms with Crippen molar-refractivity contribution in [1.29, 1.82) is 0 Å². The van der Waals surface area contributed by atoms with Crippen LogP contribution < -0.4 is 15.0 Å². The third-order valence-electron chi connectivity index (χ3n) is 3.89. The van der Waals surface area contributed by atoms with Crippen LogP contribution in [0.5, 0.6) is 5.75 Å². The molecule has 0 aliphatic heterocycles. The lowest BCUT2D eigenvalue weighted by Crippen LogP contribution is -2.49. The minimum atomic E-state index is -0.264. The number of rotatable bonds is 8. The zero-order chi connectivity index (χ0) is 15.5. The molecule has 0 radical (unpaired) electrons. The highest BCUT2D eigenvalue weighted by atomic mass is 16.5. The third-order valence-corrected chi connectivity index (χ3v) is 3.89. The predicted molar refractivity (Wildman–Crippen MR) is 87.1 cm³/mol. The molecule has 1 aliphatic rings. The van der Waals surface area contributed by atoms with Gasteiger partial charge in [0.05, 0.1) is 12.7 Å². The maximum absolute atomic E-state index is 9.67. The molecular formula is C17H28N2O2. The number of benzene rings is 1. The van der Waals surface area contributed by atoms with E-state index in [2.05, 4.69) is 30.1 Å². The summed E-state index contributed by atoms with van der Waals surface area (Å²) in [5.41, 5.74) is 0.862. The molecule has 0 bridgehead atoms. The van der Waals surface area contributed by atoms with Gasteiger partial charge in [0, 0.05) is 43.9 Å². The molecule has 1 aliphatic carbocycles. The van der Waals surface area contributed by atoms with Crippen LogP contribution in [0.4, 0.5) is 5.69 Å². The first-order valence-corrected chi connectivity index (χ1v) is 7.74. The Bertz CT molecular complexity index is 460. The first-order chi connectivity index (χ1) is 9.92. The summed E-state index contributed by atoms with van der Waals surface area (Å²) in [4.78, 5) is 2.06. The molecule has 2 atom stereocenters. The second-order valence-corrected chi connectivity index (χ2v) is 6.66. The lowest BCUT2D eigenvalue weighted by molar-refractivity contribution is 0.108. The van der Waals surface area contributed by atoms with Gasteiger partial charge >= 0.3 is 0 Å². The Morgan fingerprint density at radius 2 is 2.14 bits per heavy atom. The number of hydrogen-bond donors (Lipinski definition) is 2. The van der Waals surface area contributed by atoms with Crippen molar-refractivity contribution < 1.29 is 9.84 Å². The Kier molecular flexibility index (Phi) is 5.12. The molecule has 2 unspecified atom stereocenters. The maximum Gasteiger partial charge on any atom is 0.121 e. The minimum absolute atomic E-state index is 0.0470. The number of anilines is 1. The lowest BCUT2D eigenvalue weighted by atomic mass is 9.95. The fourth-order valence-electron chi connectivity index (χ4n) is 2.63. The van der Waals surface area contributed by atoms with E-state index in [4.69, 9.17) is 4.74 Å². The maximum atomic E-state index is 9.67. The van der Waals surface area contributed by atoms with Crippen LogP contribution in [-0.2, 0) is 0 Å². The van der Waals surface area contributed by atoms with Crippen molar-refractivity contribution in [2.24, 2.45) is 0 Å². The topological polar surface area (TPSA) is 44.7 Å². The monoisotopic (exact) mass is 292 g/mol. The SMILES string of the molecule is CC(CC(C)(CO)NC1CC1)Oc1cccc(N(C)C)c1. The molecule has 0 heterocycles. The zero-order valence-corrected chi connectivity index (χ0v) is 13.6. The van der Waals surface area contributed by atoms with Crippen molar-refractivity contribution in [2.75, 3.05) is 25.6 Å². The Hall–Kier alpha value is -1.26. The van der Waals surface area contributed by atoms with Gasteiger partial charge in [0.2, 0.25) is 0 Å². The van der Waals surface area contributed by atoms with Crippen LogP contribution in [0.15, 0.2) is 24.3 Å². The van der Waals surface area contributed by atoms with Gasteiger partial charge in [-0.05, 0) is 38.8 Å². The molecule has 0 amide bonds. The summed E-state index contributed by atoms with van der Waals surface area (Å²) in [6, 6.07) is 8.66. The first kappa shape index (κ1) is 16.1. The van der Waals surface area contributed by atoms with Crippen molar-refractivity contribution in [3.63, 3.8) is 0 Å². The van der Waals surface area contributed by atoms with Gasteiger partial charge in [0.25, 0.3) is 0 Å². The Morgan fingerprint density at radius 1 is 1.43 bits per heavy atom. The third kappa shape index (κ3) is 4.90. The van der Waals surface area contributed by atoms with Gasteiger partial charge in [-0.1, -0.05) is 6.07 Å². The largest absolute Gasteiger partial charge is 0.491 e. The average molecular weight is 292 g/mol. The van der Waals surface area contributed by atoms with Crippen molar-refractivity contribution >= 4 is 5.69 Å². The summed E-state index contributed by atoms with van der Waals surface area (Å²) in [5, 5.41) is 13.2. The molecule has 4 nitrogen and oxygen atoms in total. The van der Waals surface area contributed by atoms with Crippen LogP contribution in [0.3, 0.4) is 0 Å². The number of hydrogen-bond acceptors (Lipinski definition) is 4. The number of aliphatic hydroxyl groups is 1. The number of nitrogens with zero attached hydrogens (tertiary/aromatic N) is 1. The highest BCUT2D eigenvalue weighted by Gasteiger charge is 2.33. The fraction of sp³-hybridized carbons (Fsp3) is 0.647. The van der Waals surface area contributed by atoms with E-state index in [-0.39, 0.29) is 18.2 Å². The fourth-order valence-corrected chi connectivity index (χ4v) is 2.63. The second kappa shape index (κ2) is 6.67. The summed E-state index contributed by atoms with van der Waals surface area (Å²) in [6.07, 6.45) is 3.27. The molecule has 2 rings (SSSR count). The van der Waals surface area contributed by atoms with Crippen LogP contribution >= 0.6 is 0 Å². The lowest BCUT2D eigenvalue weighted by Gasteiger charge is -2.32. The molecule has 1 aromatic rings. The quantitative estimate of drug-likeness (QED) is 0.772. The van der Waals surface area contributed by atoms with Crippen molar-refractivity contribution in [1.82, 2.24) is 5.32 Å². The van der Waals surface area contributed by atoms with Gasteiger partial charge in [-0.15, -0.1) is 0 Å². The van der Waals surface area contributed by atoms with Crippen molar-refractivity contribution in [3.8, 4) is 5.75 Å². The average Bonchev–Trinajstić information content (AvgIpc) is 3.22. The molecule has 118 valence electrons. The van der Waals surface area contributed by atoms with Gasteiger partial charge in [0.1, 0.15) is 5.75 Å². The molecule has 21 heavy (non-hydrogen) atoms. The minimum Gasteiger partial charge on any atom is -0.491 e. The molecule has 1 saturated carbocycles. The Balaban J connectivity index is 1.93. The Morgan fingerprint density at radius 3 is 2.71 bits per heavy atom. The zero-order valence-electron chi connectivity index (χ0n) is 13.6. The van der Waals surface area contributed by atoms with E-state index in [1.807, 2.05) is 32.3 Å². The molecule has 0 spiro atoms. The van der Waals surface area contributed by atoms with E-state index < -0.39 is 0 Å². The molecule has 0 saturated heterocycles. The first-order valence-electron chi connectivity index (χ1n) is 7.74. The van der Waals surface area contributed by atoms with E-state index in [0.717, 1.165) is 17.9 Å². The van der Waals surface area contributed by atoms with Crippen LogP contribution in [0.25, 0.3) is 0 Å². The van der Waals surface area contributed by atoms with Crippen LogP contribution in [-0.4, -0.2) is 43.5 Å². The van der Waals surface area contributed by atoms with Gasteiger partial charge in [-0.25, -0.2) is 0 Å². The normalized spacial score (nSPS) is 18.9. The van der Waals surface area contributed by atoms with Gasteiger partial charge in [-0.2, -0.15) is 0 Å². The smallest absolute Gasteiger partial charge is 0.121 e. The molecular weight excluding hydrogens is 264 g/mol. The van der Waals surface area contributed by atoms with E-state index in [1.54, 1.807) is 0 Å². The predicted octanol–water partition coefficient (Wildman–Crippen LogP) is 2.41. The van der Waals surface area contributed by atoms with E-state index in [0.29, 0.717) is 6.04 Å². The molecule has 0 aromatic heterocycles. The number of aliphatic hydroxyl groups excluding tert-OH is 1. The molecule has 1 fully saturated rings. The summed E-state index contributed by atoms with van der Waals surface area (Å²) >= 11 is 0. The van der Waals surface area contributed by atoms with Gasteiger partial charge in [-0.3, -0.25) is 0 Å². The Labute approximate surface area is 128 Å². The van der Waals surface area contributed by atoms with Crippen LogP contribution in [0.1, 0.15) is 33.1 Å². The summed E-state index contributed by atoms with van der Waals surface area (Å²) in [6.45, 7) is 4.27. The van der Waals surface area contributed by atoms with E-state index in [1.165, 1.54) is 12.8 Å². The van der Waals surface area contributed by atoms with Gasteiger partial charge < -0.3 is 20.1 Å². The standard InChI is InChI=1S/C17H28N2O2/c1-13(11-17(2,12-20)18-14-8-9-14)21-16-7-5-6-15(10-16)19(3)4/h5-7,10,13-14,18,20H,8-9,11-12H2,1-4H3. The molecule has 1 aromatic carbocycles. The van der Waals surface area contributed by atoms with Crippen molar-refractivity contribution in [3.05, 3.63) is 24.3 Å². The van der Waals surface area contributed by atoms with Gasteiger partial charge in [0.15, 0.2) is 0 Å².